The first-order chi connectivity index (χ1) is 8.85. The zero-order chi connectivity index (χ0) is 12.8. The lowest BCUT2D eigenvalue weighted by atomic mass is 10.2. The number of methoxy groups -OCH3 is 2. The van der Waals surface area contributed by atoms with Gasteiger partial charge in [0.25, 0.3) is 0 Å². The van der Waals surface area contributed by atoms with E-state index in [1.54, 1.807) is 14.2 Å². The molecule has 0 N–H and O–H groups in total. The number of rotatable bonds is 5. The summed E-state index contributed by atoms with van der Waals surface area (Å²) in [4.78, 5) is 0. The smallest absolute Gasteiger partial charge is 0.186 e. The van der Waals surface area contributed by atoms with Crippen LogP contribution in [0.3, 0.4) is 0 Å². The lowest BCUT2D eigenvalue weighted by Crippen LogP contribution is -2.05. The molecule has 0 aliphatic carbocycles. The third kappa shape index (κ3) is 2.88. The van der Waals surface area contributed by atoms with Crippen molar-refractivity contribution in [2.45, 2.75) is 6.29 Å². The van der Waals surface area contributed by atoms with Gasteiger partial charge in [-0.1, -0.05) is 36.4 Å². The number of ether oxygens (including phenoxy) is 3. The molecule has 0 spiro atoms. The van der Waals surface area contributed by atoms with Gasteiger partial charge in [-0.3, -0.25) is 0 Å². The maximum atomic E-state index is 5.83. The number of para-hydroxylation sites is 2. The molecule has 0 aliphatic rings. The molecule has 2 aromatic rings. The van der Waals surface area contributed by atoms with Crippen LogP contribution in [0, 0.1) is 0 Å². The molecule has 18 heavy (non-hydrogen) atoms. The van der Waals surface area contributed by atoms with Crippen LogP contribution in [0.25, 0.3) is 0 Å². The van der Waals surface area contributed by atoms with Crippen LogP contribution in [-0.2, 0) is 9.47 Å². The largest absolute Gasteiger partial charge is 0.457 e. The first kappa shape index (κ1) is 12.6. The van der Waals surface area contributed by atoms with Crippen LogP contribution in [0.1, 0.15) is 11.9 Å². The van der Waals surface area contributed by atoms with E-state index in [4.69, 9.17) is 14.2 Å². The minimum atomic E-state index is -0.426. The molecule has 0 bridgehead atoms. The quantitative estimate of drug-likeness (QED) is 0.749. The summed E-state index contributed by atoms with van der Waals surface area (Å²) in [5.74, 6) is 1.52. The molecule has 3 nitrogen and oxygen atoms in total. The summed E-state index contributed by atoms with van der Waals surface area (Å²) in [5.41, 5.74) is 0.867. The summed E-state index contributed by atoms with van der Waals surface area (Å²) < 4.78 is 16.4. The maximum absolute atomic E-state index is 5.83. The minimum absolute atomic E-state index is 0.426. The maximum Gasteiger partial charge on any atom is 0.186 e. The van der Waals surface area contributed by atoms with Gasteiger partial charge in [0.2, 0.25) is 0 Å². The molecule has 3 heteroatoms. The van der Waals surface area contributed by atoms with Gasteiger partial charge in [0.05, 0.1) is 5.56 Å². The molecule has 0 amide bonds. The molecule has 0 heterocycles. The fourth-order valence-corrected chi connectivity index (χ4v) is 1.73. The van der Waals surface area contributed by atoms with Crippen LogP contribution in [0.5, 0.6) is 11.5 Å². The summed E-state index contributed by atoms with van der Waals surface area (Å²) in [7, 11) is 3.21. The second kappa shape index (κ2) is 6.19. The zero-order valence-electron chi connectivity index (χ0n) is 10.5. The van der Waals surface area contributed by atoms with Crippen LogP contribution in [0.15, 0.2) is 54.6 Å². The topological polar surface area (TPSA) is 27.7 Å². The molecule has 0 aliphatic heterocycles. The van der Waals surface area contributed by atoms with E-state index >= 15 is 0 Å². The molecule has 94 valence electrons. The summed E-state index contributed by atoms with van der Waals surface area (Å²) in [6.07, 6.45) is -0.426. The van der Waals surface area contributed by atoms with Crippen LogP contribution in [-0.4, -0.2) is 14.2 Å². The molecule has 0 radical (unpaired) electrons. The van der Waals surface area contributed by atoms with E-state index in [0.717, 1.165) is 17.1 Å². The molecule has 0 aromatic heterocycles. The van der Waals surface area contributed by atoms with Gasteiger partial charge in [-0.25, -0.2) is 0 Å². The van der Waals surface area contributed by atoms with E-state index in [2.05, 4.69) is 0 Å². The van der Waals surface area contributed by atoms with Gasteiger partial charge < -0.3 is 14.2 Å². The third-order valence-electron chi connectivity index (χ3n) is 2.57. The van der Waals surface area contributed by atoms with E-state index in [1.807, 2.05) is 54.6 Å². The van der Waals surface area contributed by atoms with Crippen molar-refractivity contribution in [1.82, 2.24) is 0 Å². The van der Waals surface area contributed by atoms with Crippen LogP contribution in [0.4, 0.5) is 0 Å². The van der Waals surface area contributed by atoms with Gasteiger partial charge in [-0.05, 0) is 18.2 Å². The van der Waals surface area contributed by atoms with Gasteiger partial charge in [0.15, 0.2) is 6.29 Å². The van der Waals surface area contributed by atoms with Crippen molar-refractivity contribution < 1.29 is 14.2 Å². The minimum Gasteiger partial charge on any atom is -0.457 e. The Morgan fingerprint density at radius 2 is 1.39 bits per heavy atom. The Bertz CT molecular complexity index is 478. The van der Waals surface area contributed by atoms with Crippen molar-refractivity contribution in [3.63, 3.8) is 0 Å². The molecule has 2 rings (SSSR count). The highest BCUT2D eigenvalue weighted by Crippen LogP contribution is 2.31. The monoisotopic (exact) mass is 244 g/mol. The highest BCUT2D eigenvalue weighted by molar-refractivity contribution is 5.38. The average Bonchev–Trinajstić information content (AvgIpc) is 2.43. The number of benzene rings is 2. The Balaban J connectivity index is 2.28. The highest BCUT2D eigenvalue weighted by Gasteiger charge is 2.14. The van der Waals surface area contributed by atoms with Gasteiger partial charge in [0.1, 0.15) is 11.5 Å². The van der Waals surface area contributed by atoms with Crippen molar-refractivity contribution >= 4 is 0 Å². The van der Waals surface area contributed by atoms with E-state index in [0.29, 0.717) is 0 Å². The summed E-state index contributed by atoms with van der Waals surface area (Å²) in [6, 6.07) is 17.3. The van der Waals surface area contributed by atoms with Crippen molar-refractivity contribution in [1.29, 1.82) is 0 Å². The number of hydrogen-bond acceptors (Lipinski definition) is 3. The predicted molar refractivity (Wildman–Crippen MR) is 69.7 cm³/mol. The second-order valence-electron chi connectivity index (χ2n) is 3.76. The van der Waals surface area contributed by atoms with Crippen LogP contribution in [0.2, 0.25) is 0 Å². The summed E-state index contributed by atoms with van der Waals surface area (Å²) in [6.45, 7) is 0. The molecule has 0 unspecified atom stereocenters. The first-order valence-electron chi connectivity index (χ1n) is 5.72. The molecule has 0 saturated heterocycles. The molecule has 0 atom stereocenters. The van der Waals surface area contributed by atoms with Crippen LogP contribution < -0.4 is 4.74 Å². The van der Waals surface area contributed by atoms with Gasteiger partial charge in [-0.15, -0.1) is 0 Å². The van der Waals surface area contributed by atoms with E-state index in [1.165, 1.54) is 0 Å². The van der Waals surface area contributed by atoms with Crippen molar-refractivity contribution in [2.75, 3.05) is 14.2 Å². The molecule has 2 aromatic carbocycles. The summed E-state index contributed by atoms with van der Waals surface area (Å²) in [5, 5.41) is 0. The van der Waals surface area contributed by atoms with E-state index in [9.17, 15) is 0 Å². The number of hydrogen-bond donors (Lipinski definition) is 0. The van der Waals surface area contributed by atoms with Crippen molar-refractivity contribution in [2.24, 2.45) is 0 Å². The Hall–Kier alpha value is -1.84. The van der Waals surface area contributed by atoms with Crippen molar-refractivity contribution in [3.05, 3.63) is 60.2 Å². The Kier molecular flexibility index (Phi) is 4.34. The van der Waals surface area contributed by atoms with E-state index < -0.39 is 6.29 Å². The lowest BCUT2D eigenvalue weighted by Gasteiger charge is -2.17. The Labute approximate surface area is 107 Å². The normalized spacial score (nSPS) is 10.6. The third-order valence-corrected chi connectivity index (χ3v) is 2.57. The highest BCUT2D eigenvalue weighted by atomic mass is 16.7. The Morgan fingerprint density at radius 3 is 2.06 bits per heavy atom. The Morgan fingerprint density at radius 1 is 0.778 bits per heavy atom. The van der Waals surface area contributed by atoms with Gasteiger partial charge in [0, 0.05) is 14.2 Å². The molecular formula is C15H16O3. The SMILES string of the molecule is COC(OC)c1ccccc1Oc1ccccc1. The lowest BCUT2D eigenvalue weighted by molar-refractivity contribution is -0.106. The first-order valence-corrected chi connectivity index (χ1v) is 5.72. The predicted octanol–water partition coefficient (Wildman–Crippen LogP) is 3.77. The average molecular weight is 244 g/mol. The molecular weight excluding hydrogens is 228 g/mol. The van der Waals surface area contributed by atoms with Gasteiger partial charge >= 0.3 is 0 Å². The van der Waals surface area contributed by atoms with Crippen molar-refractivity contribution in [3.8, 4) is 11.5 Å². The molecule has 0 fully saturated rings. The summed E-state index contributed by atoms with van der Waals surface area (Å²) >= 11 is 0. The fourth-order valence-electron chi connectivity index (χ4n) is 1.73. The fraction of sp³-hybridized carbons (Fsp3) is 0.200. The zero-order valence-corrected chi connectivity index (χ0v) is 10.5. The van der Waals surface area contributed by atoms with E-state index in [-0.39, 0.29) is 0 Å². The second-order valence-corrected chi connectivity index (χ2v) is 3.76. The van der Waals surface area contributed by atoms with Gasteiger partial charge in [-0.2, -0.15) is 0 Å². The molecule has 0 saturated carbocycles. The standard InChI is InChI=1S/C15H16O3/c1-16-15(17-2)13-10-6-7-11-14(13)18-12-8-4-3-5-9-12/h3-11,15H,1-2H3. The van der Waals surface area contributed by atoms with Crippen LogP contribution >= 0.6 is 0 Å².